The molecule has 0 spiro atoms. The highest BCUT2D eigenvalue weighted by Crippen LogP contribution is 2.27. The first-order chi connectivity index (χ1) is 11.9. The van der Waals surface area contributed by atoms with Crippen LogP contribution in [0.2, 0.25) is 0 Å². The number of sulfonamides is 1. The first kappa shape index (κ1) is 19.0. The number of hydrogen-bond acceptors (Lipinski definition) is 5. The number of carbonyl (C=O) groups is 1. The Hall–Kier alpha value is -2.38. The zero-order valence-electron chi connectivity index (χ0n) is 14.4. The van der Waals surface area contributed by atoms with Crippen molar-refractivity contribution in [1.29, 1.82) is 0 Å². The zero-order chi connectivity index (χ0) is 18.4. The summed E-state index contributed by atoms with van der Waals surface area (Å²) in [6.07, 6.45) is 0. The Morgan fingerprint density at radius 3 is 2.04 bits per heavy atom. The highest BCUT2D eigenvalue weighted by atomic mass is 32.2. The molecule has 0 aliphatic carbocycles. The Bertz CT molecular complexity index is 827. The maximum atomic E-state index is 12.4. The molecular weight excluding hydrogens is 342 g/mol. The molecule has 0 unspecified atom stereocenters. The number of benzene rings is 2. The van der Waals surface area contributed by atoms with Crippen LogP contribution in [0.3, 0.4) is 0 Å². The van der Waals surface area contributed by atoms with E-state index < -0.39 is 16.0 Å². The second-order valence-electron chi connectivity index (χ2n) is 5.15. The van der Waals surface area contributed by atoms with E-state index in [2.05, 4.69) is 0 Å². The van der Waals surface area contributed by atoms with Crippen molar-refractivity contribution in [3.05, 3.63) is 54.1 Å². The van der Waals surface area contributed by atoms with Crippen molar-refractivity contribution in [2.45, 2.75) is 18.7 Å². The lowest BCUT2D eigenvalue weighted by Crippen LogP contribution is -2.30. The fourth-order valence-electron chi connectivity index (χ4n) is 2.34. The van der Waals surface area contributed by atoms with Crippen LogP contribution in [0.5, 0.6) is 11.5 Å². The van der Waals surface area contributed by atoms with Crippen molar-refractivity contribution >= 4 is 16.0 Å². The van der Waals surface area contributed by atoms with Crippen molar-refractivity contribution in [3.8, 4) is 11.5 Å². The molecule has 0 bridgehead atoms. The number of hydrogen-bond donors (Lipinski definition) is 0. The van der Waals surface area contributed by atoms with Crippen LogP contribution in [0.15, 0.2) is 53.4 Å². The number of carbonyl (C=O) groups excluding carboxylic acids is 1. The molecule has 0 radical (unpaired) electrons. The van der Waals surface area contributed by atoms with Crippen LogP contribution in [-0.2, 0) is 10.0 Å². The van der Waals surface area contributed by atoms with Crippen LogP contribution in [0, 0.1) is 0 Å². The van der Waals surface area contributed by atoms with Crippen molar-refractivity contribution < 1.29 is 22.7 Å². The maximum absolute atomic E-state index is 12.4. The van der Waals surface area contributed by atoms with Gasteiger partial charge in [-0.2, -0.15) is 4.31 Å². The molecule has 0 saturated heterocycles. The van der Waals surface area contributed by atoms with Gasteiger partial charge in [0.1, 0.15) is 0 Å². The summed E-state index contributed by atoms with van der Waals surface area (Å²) in [4.78, 5) is 12.4. The molecule has 0 saturated carbocycles. The average Bonchev–Trinajstić information content (AvgIpc) is 2.63. The van der Waals surface area contributed by atoms with E-state index in [-0.39, 0.29) is 10.5 Å². The van der Waals surface area contributed by atoms with Gasteiger partial charge in [0.05, 0.1) is 17.6 Å². The van der Waals surface area contributed by atoms with Crippen molar-refractivity contribution in [1.82, 2.24) is 4.31 Å². The van der Waals surface area contributed by atoms with Crippen molar-refractivity contribution in [2.24, 2.45) is 0 Å². The molecule has 0 aliphatic heterocycles. The fourth-order valence-corrected chi connectivity index (χ4v) is 3.80. The summed E-state index contributed by atoms with van der Waals surface area (Å²) < 4.78 is 36.7. The van der Waals surface area contributed by atoms with Crippen molar-refractivity contribution in [2.75, 3.05) is 20.2 Å². The van der Waals surface area contributed by atoms with E-state index in [0.29, 0.717) is 24.6 Å². The molecule has 2 aromatic rings. The minimum absolute atomic E-state index is 0.144. The first-order valence-corrected chi connectivity index (χ1v) is 9.33. The van der Waals surface area contributed by atoms with Crippen LogP contribution < -0.4 is 9.47 Å². The lowest BCUT2D eigenvalue weighted by atomic mass is 10.2. The summed E-state index contributed by atoms with van der Waals surface area (Å²) in [7, 11) is -2.07. The van der Waals surface area contributed by atoms with Crippen LogP contribution >= 0.6 is 0 Å². The van der Waals surface area contributed by atoms with Gasteiger partial charge in [-0.25, -0.2) is 13.2 Å². The number of para-hydroxylation sites is 2. The number of ether oxygens (including phenoxy) is 2. The molecule has 25 heavy (non-hydrogen) atoms. The molecule has 0 amide bonds. The van der Waals surface area contributed by atoms with E-state index in [4.69, 9.17) is 9.47 Å². The Balaban J connectivity index is 2.21. The lowest BCUT2D eigenvalue weighted by Gasteiger charge is -2.18. The maximum Gasteiger partial charge on any atom is 0.343 e. The summed E-state index contributed by atoms with van der Waals surface area (Å²) in [6.45, 7) is 4.33. The molecule has 134 valence electrons. The summed E-state index contributed by atoms with van der Waals surface area (Å²) in [5.41, 5.74) is 0.254. The van der Waals surface area contributed by atoms with Crippen LogP contribution in [0.4, 0.5) is 0 Å². The molecule has 0 fully saturated rings. The van der Waals surface area contributed by atoms with Gasteiger partial charge >= 0.3 is 5.97 Å². The molecule has 2 aromatic carbocycles. The summed E-state index contributed by atoms with van der Waals surface area (Å²) in [5.74, 6) is 0.155. The number of methoxy groups -OCH3 is 1. The third-order valence-corrected chi connectivity index (χ3v) is 5.77. The Labute approximate surface area is 148 Å². The van der Waals surface area contributed by atoms with E-state index in [1.54, 1.807) is 38.1 Å². The minimum atomic E-state index is -3.55. The second kappa shape index (κ2) is 8.13. The van der Waals surface area contributed by atoms with Crippen molar-refractivity contribution in [3.63, 3.8) is 0 Å². The molecule has 6 nitrogen and oxygen atoms in total. The predicted octanol–water partition coefficient (Wildman–Crippen LogP) is 2.94. The summed E-state index contributed by atoms with van der Waals surface area (Å²) in [6, 6.07) is 12.5. The average molecular weight is 363 g/mol. The van der Waals surface area contributed by atoms with Gasteiger partial charge in [-0.05, 0) is 36.4 Å². The normalized spacial score (nSPS) is 11.4. The first-order valence-electron chi connectivity index (χ1n) is 7.89. The Morgan fingerprint density at radius 2 is 1.52 bits per heavy atom. The number of rotatable bonds is 7. The largest absolute Gasteiger partial charge is 0.493 e. The molecule has 0 atom stereocenters. The summed E-state index contributed by atoms with van der Waals surface area (Å²) in [5, 5.41) is 0. The van der Waals surface area contributed by atoms with Crippen LogP contribution in [-0.4, -0.2) is 38.9 Å². The smallest absolute Gasteiger partial charge is 0.343 e. The molecule has 7 heteroatoms. The molecule has 2 rings (SSSR count). The van der Waals surface area contributed by atoms with Gasteiger partial charge < -0.3 is 9.47 Å². The van der Waals surface area contributed by atoms with Gasteiger partial charge in [0.25, 0.3) is 0 Å². The van der Waals surface area contributed by atoms with Gasteiger partial charge in [0.2, 0.25) is 10.0 Å². The number of nitrogens with zero attached hydrogens (tertiary/aromatic N) is 1. The molecule has 0 N–H and O–H groups in total. The third-order valence-electron chi connectivity index (χ3n) is 3.70. The SMILES string of the molecule is CCN(CC)S(=O)(=O)c1ccc(C(=O)Oc2ccccc2OC)cc1. The predicted molar refractivity (Wildman–Crippen MR) is 94.5 cm³/mol. The van der Waals surface area contributed by atoms with E-state index in [0.717, 1.165) is 0 Å². The van der Waals surface area contributed by atoms with Gasteiger partial charge in [-0.15, -0.1) is 0 Å². The molecular formula is C18H21NO5S. The van der Waals surface area contributed by atoms with E-state index in [1.165, 1.54) is 35.7 Å². The summed E-state index contributed by atoms with van der Waals surface area (Å²) >= 11 is 0. The molecule has 0 aromatic heterocycles. The monoisotopic (exact) mass is 363 g/mol. The standard InChI is InChI=1S/C18H21NO5S/c1-4-19(5-2)25(21,22)15-12-10-14(11-13-15)18(20)24-17-9-7-6-8-16(17)23-3/h6-13H,4-5H2,1-3H3. The van der Waals surface area contributed by atoms with Crippen LogP contribution in [0.1, 0.15) is 24.2 Å². The second-order valence-corrected chi connectivity index (χ2v) is 7.09. The van der Waals surface area contributed by atoms with Gasteiger partial charge in [-0.3, -0.25) is 0 Å². The van der Waals surface area contributed by atoms with Gasteiger partial charge in [0, 0.05) is 13.1 Å². The van der Waals surface area contributed by atoms with E-state index in [9.17, 15) is 13.2 Å². The quantitative estimate of drug-likeness (QED) is 0.559. The Kier molecular flexibility index (Phi) is 6.17. The third kappa shape index (κ3) is 4.18. The van der Waals surface area contributed by atoms with Crippen LogP contribution in [0.25, 0.3) is 0 Å². The topological polar surface area (TPSA) is 72.9 Å². The highest BCUT2D eigenvalue weighted by Gasteiger charge is 2.22. The lowest BCUT2D eigenvalue weighted by molar-refractivity contribution is 0.0729. The zero-order valence-corrected chi connectivity index (χ0v) is 15.2. The molecule has 0 heterocycles. The van der Waals surface area contributed by atoms with Gasteiger partial charge in [-0.1, -0.05) is 26.0 Å². The Morgan fingerprint density at radius 1 is 0.960 bits per heavy atom. The number of esters is 1. The molecule has 0 aliphatic rings. The minimum Gasteiger partial charge on any atom is -0.493 e. The van der Waals surface area contributed by atoms with E-state index >= 15 is 0 Å². The fraction of sp³-hybridized carbons (Fsp3) is 0.278. The van der Waals surface area contributed by atoms with Gasteiger partial charge in [0.15, 0.2) is 11.5 Å². The highest BCUT2D eigenvalue weighted by molar-refractivity contribution is 7.89. The van der Waals surface area contributed by atoms with E-state index in [1.807, 2.05) is 0 Å².